The van der Waals surface area contributed by atoms with E-state index in [4.69, 9.17) is 4.74 Å². The van der Waals surface area contributed by atoms with E-state index < -0.39 is 39.1 Å². The summed E-state index contributed by atoms with van der Waals surface area (Å²) in [5.41, 5.74) is -0.610. The third-order valence-electron chi connectivity index (χ3n) is 6.61. The topological polar surface area (TPSA) is 75.7 Å². The Kier molecular flexibility index (Phi) is 11.1. The average Bonchev–Trinajstić information content (AvgIpc) is 2.90. The minimum Gasteiger partial charge on any atom is -0.493 e. The van der Waals surface area contributed by atoms with Crippen LogP contribution in [0.1, 0.15) is 48.4 Å². The maximum absolute atomic E-state index is 14.8. The molecule has 3 aromatic rings. The zero-order valence-corrected chi connectivity index (χ0v) is 24.3. The van der Waals surface area contributed by atoms with Crippen LogP contribution in [0.3, 0.4) is 0 Å². The van der Waals surface area contributed by atoms with E-state index in [1.165, 1.54) is 25.1 Å². The molecule has 0 heterocycles. The first-order valence-electron chi connectivity index (χ1n) is 13.2. The molecule has 1 amide bonds. The standard InChI is InChI=1S/C30H33F5N2O4S/c1-20(22-9-5-4-6-10-22)18-37(19-23-11-7-12-26(29(23)32)30(33,34)35)13-8-14-41-24-15-27(31)25(17-36-21(2)38)28(16-24)42(3,39)40/h4-7,9-12,15-16,20H,8,13-14,17-19H2,1-3H3,(H,36,38). The van der Waals surface area contributed by atoms with Crippen LogP contribution in [0.15, 0.2) is 65.6 Å². The Morgan fingerprint density at radius 1 is 1.05 bits per heavy atom. The number of nitrogens with zero attached hydrogens (tertiary/aromatic N) is 1. The smallest absolute Gasteiger partial charge is 0.419 e. The molecule has 3 rings (SSSR count). The van der Waals surface area contributed by atoms with Crippen LogP contribution in [0.25, 0.3) is 0 Å². The summed E-state index contributed by atoms with van der Waals surface area (Å²) in [6.45, 7) is 3.51. The largest absolute Gasteiger partial charge is 0.493 e. The number of nitrogens with one attached hydrogen (secondary N) is 1. The van der Waals surface area contributed by atoms with Crippen molar-refractivity contribution >= 4 is 15.7 Å². The lowest BCUT2D eigenvalue weighted by Crippen LogP contribution is -2.30. The van der Waals surface area contributed by atoms with Gasteiger partial charge in [0.15, 0.2) is 9.84 Å². The van der Waals surface area contributed by atoms with Crippen molar-refractivity contribution in [1.82, 2.24) is 10.2 Å². The maximum atomic E-state index is 14.8. The van der Waals surface area contributed by atoms with Crippen molar-refractivity contribution in [3.63, 3.8) is 0 Å². The van der Waals surface area contributed by atoms with Gasteiger partial charge in [0.2, 0.25) is 5.91 Å². The normalized spacial score (nSPS) is 12.8. The second kappa shape index (κ2) is 14.1. The van der Waals surface area contributed by atoms with Gasteiger partial charge in [-0.25, -0.2) is 17.2 Å². The summed E-state index contributed by atoms with van der Waals surface area (Å²) >= 11 is 0. The quantitative estimate of drug-likeness (QED) is 0.187. The predicted octanol–water partition coefficient (Wildman–Crippen LogP) is 6.10. The third kappa shape index (κ3) is 9.25. The second-order valence-corrected chi connectivity index (χ2v) is 12.1. The molecule has 0 aliphatic carbocycles. The molecule has 0 bridgehead atoms. The molecule has 3 aromatic carbocycles. The van der Waals surface area contributed by atoms with Crippen molar-refractivity contribution in [2.45, 2.75) is 50.3 Å². The molecule has 0 saturated carbocycles. The molecule has 228 valence electrons. The van der Waals surface area contributed by atoms with E-state index in [9.17, 15) is 35.2 Å². The van der Waals surface area contributed by atoms with Crippen molar-refractivity contribution in [2.24, 2.45) is 0 Å². The van der Waals surface area contributed by atoms with Crippen LogP contribution in [-0.4, -0.2) is 45.2 Å². The fourth-order valence-corrected chi connectivity index (χ4v) is 5.48. The molecule has 1 N–H and O–H groups in total. The number of alkyl halides is 3. The van der Waals surface area contributed by atoms with Gasteiger partial charge in [-0.1, -0.05) is 49.4 Å². The molecule has 0 saturated heterocycles. The fourth-order valence-electron chi connectivity index (χ4n) is 4.54. The monoisotopic (exact) mass is 612 g/mol. The number of sulfone groups is 1. The number of rotatable bonds is 13. The number of ether oxygens (including phenoxy) is 1. The van der Waals surface area contributed by atoms with Crippen LogP contribution in [0, 0.1) is 11.6 Å². The van der Waals surface area contributed by atoms with Crippen molar-refractivity contribution in [2.75, 3.05) is 26.0 Å². The molecule has 6 nitrogen and oxygen atoms in total. The maximum Gasteiger partial charge on any atom is 0.419 e. The summed E-state index contributed by atoms with van der Waals surface area (Å²) in [4.78, 5) is 12.7. The summed E-state index contributed by atoms with van der Waals surface area (Å²) in [6.07, 6.45) is -3.58. The summed E-state index contributed by atoms with van der Waals surface area (Å²) in [5.74, 6) is -2.69. The molecule has 42 heavy (non-hydrogen) atoms. The van der Waals surface area contributed by atoms with E-state index >= 15 is 0 Å². The van der Waals surface area contributed by atoms with E-state index in [0.717, 1.165) is 17.9 Å². The Morgan fingerprint density at radius 3 is 2.36 bits per heavy atom. The number of benzene rings is 3. The van der Waals surface area contributed by atoms with E-state index in [-0.39, 0.29) is 47.4 Å². The zero-order chi connectivity index (χ0) is 31.1. The van der Waals surface area contributed by atoms with Gasteiger partial charge in [-0.15, -0.1) is 0 Å². The number of amides is 1. The number of halogens is 5. The highest BCUT2D eigenvalue weighted by molar-refractivity contribution is 7.90. The molecular weight excluding hydrogens is 579 g/mol. The van der Waals surface area contributed by atoms with Crippen LogP contribution < -0.4 is 10.1 Å². The van der Waals surface area contributed by atoms with Gasteiger partial charge in [0, 0.05) is 56.6 Å². The van der Waals surface area contributed by atoms with Crippen molar-refractivity contribution in [3.8, 4) is 5.75 Å². The van der Waals surface area contributed by atoms with Gasteiger partial charge in [-0.3, -0.25) is 9.69 Å². The molecule has 0 aliphatic rings. The summed E-state index contributed by atoms with van der Waals surface area (Å²) < 4.78 is 99.7. The average molecular weight is 613 g/mol. The Hall–Kier alpha value is -3.51. The molecular formula is C30H33F5N2O4S. The lowest BCUT2D eigenvalue weighted by Gasteiger charge is -2.27. The Morgan fingerprint density at radius 2 is 1.74 bits per heavy atom. The molecule has 0 aliphatic heterocycles. The van der Waals surface area contributed by atoms with Crippen LogP contribution in [0.5, 0.6) is 5.75 Å². The molecule has 0 radical (unpaired) electrons. The summed E-state index contributed by atoms with van der Waals surface area (Å²) in [5, 5.41) is 2.38. The Labute approximate surface area is 242 Å². The fraction of sp³-hybridized carbons (Fsp3) is 0.367. The molecule has 0 aromatic heterocycles. The summed E-state index contributed by atoms with van der Waals surface area (Å²) in [6, 6.07) is 14.9. The Bertz CT molecular complexity index is 1480. The molecule has 12 heteroatoms. The third-order valence-corrected chi connectivity index (χ3v) is 7.77. The Balaban J connectivity index is 1.76. The SMILES string of the molecule is CC(=O)NCc1c(F)cc(OCCCN(Cc2cccc(C(F)(F)F)c2F)CC(C)c2ccccc2)cc1S(C)(=O)=O. The van der Waals surface area contributed by atoms with Gasteiger partial charge < -0.3 is 10.1 Å². The minimum absolute atomic E-state index is 0.0228. The van der Waals surface area contributed by atoms with Crippen LogP contribution in [-0.2, 0) is 33.9 Å². The second-order valence-electron chi connectivity index (χ2n) is 10.1. The minimum atomic E-state index is -4.83. The predicted molar refractivity (Wildman–Crippen MR) is 149 cm³/mol. The number of hydrogen-bond donors (Lipinski definition) is 1. The molecule has 0 spiro atoms. The van der Waals surface area contributed by atoms with Crippen LogP contribution in [0.4, 0.5) is 22.0 Å². The molecule has 0 fully saturated rings. The van der Waals surface area contributed by atoms with E-state index in [0.29, 0.717) is 25.6 Å². The van der Waals surface area contributed by atoms with Crippen LogP contribution >= 0.6 is 0 Å². The van der Waals surface area contributed by atoms with Crippen molar-refractivity contribution in [3.05, 3.63) is 94.6 Å². The first-order valence-corrected chi connectivity index (χ1v) is 15.1. The summed E-state index contributed by atoms with van der Waals surface area (Å²) in [7, 11) is -3.86. The highest BCUT2D eigenvalue weighted by Gasteiger charge is 2.35. The van der Waals surface area contributed by atoms with Crippen molar-refractivity contribution in [1.29, 1.82) is 0 Å². The van der Waals surface area contributed by atoms with Gasteiger partial charge in [0.25, 0.3) is 0 Å². The van der Waals surface area contributed by atoms with Gasteiger partial charge in [0.05, 0.1) is 17.1 Å². The van der Waals surface area contributed by atoms with Gasteiger partial charge >= 0.3 is 6.18 Å². The number of hydrogen-bond acceptors (Lipinski definition) is 5. The van der Waals surface area contributed by atoms with Gasteiger partial charge in [0.1, 0.15) is 17.4 Å². The van der Waals surface area contributed by atoms with Crippen LogP contribution in [0.2, 0.25) is 0 Å². The van der Waals surface area contributed by atoms with E-state index in [1.54, 1.807) is 0 Å². The highest BCUT2D eigenvalue weighted by atomic mass is 32.2. The molecule has 1 unspecified atom stereocenters. The zero-order valence-electron chi connectivity index (χ0n) is 23.5. The lowest BCUT2D eigenvalue weighted by atomic mass is 10.00. The first-order chi connectivity index (χ1) is 19.7. The van der Waals surface area contributed by atoms with E-state index in [2.05, 4.69) is 5.32 Å². The lowest BCUT2D eigenvalue weighted by molar-refractivity contribution is -0.140. The molecule has 1 atom stereocenters. The van der Waals surface area contributed by atoms with Gasteiger partial charge in [-0.05, 0) is 30.0 Å². The number of carbonyl (C=O) groups excluding carboxylic acids is 1. The van der Waals surface area contributed by atoms with Crippen molar-refractivity contribution < 1.29 is 39.9 Å². The number of carbonyl (C=O) groups is 1. The van der Waals surface area contributed by atoms with E-state index in [1.807, 2.05) is 42.2 Å². The van der Waals surface area contributed by atoms with Gasteiger partial charge in [-0.2, -0.15) is 13.2 Å². The first kappa shape index (κ1) is 33.0. The highest BCUT2D eigenvalue weighted by Crippen LogP contribution is 2.33.